The second-order valence-electron chi connectivity index (χ2n) is 13.2. The molecule has 0 saturated carbocycles. The van der Waals surface area contributed by atoms with E-state index in [4.69, 9.17) is 14.2 Å². The number of aliphatic hydroxyl groups excluding tert-OH is 1. The number of fused-ring (bicyclic) bond motifs is 1. The number of ether oxygens (including phenoxy) is 3. The van der Waals surface area contributed by atoms with Gasteiger partial charge in [-0.3, -0.25) is 14.4 Å². The summed E-state index contributed by atoms with van der Waals surface area (Å²) in [7, 11) is 1.57. The highest BCUT2D eigenvalue weighted by Crippen LogP contribution is 2.64. The van der Waals surface area contributed by atoms with Crippen molar-refractivity contribution < 1.29 is 33.7 Å². The van der Waals surface area contributed by atoms with Gasteiger partial charge < -0.3 is 34.0 Å². The first-order valence-electron chi connectivity index (χ1n) is 16.9. The lowest BCUT2D eigenvalue weighted by atomic mass is 9.66. The lowest BCUT2D eigenvalue weighted by molar-refractivity contribution is -0.149. The Morgan fingerprint density at radius 1 is 1.00 bits per heavy atom. The molecule has 0 aromatic heterocycles. The smallest absolute Gasteiger partial charge is 0.253 e. The molecule has 10 heteroatoms. The van der Waals surface area contributed by atoms with Gasteiger partial charge in [-0.2, -0.15) is 0 Å². The van der Waals surface area contributed by atoms with Gasteiger partial charge in [-0.05, 0) is 81.1 Å². The SMILES string of the molecule is C=CCN(C(=O)C1N([C@@H](CO)[C@@H](C)CC)C(=O)[C@@H]2[C@H](C(=O)N(CC=C)c3ccc(OCC)cc3)[C@]3(C)CCC12O3)c1ccc(OC)cc1. The zero-order chi connectivity index (χ0) is 34.8. The largest absolute Gasteiger partial charge is 0.497 e. The molecule has 2 aromatic rings. The number of carbonyl (C=O) groups excluding carboxylic acids is 3. The van der Waals surface area contributed by atoms with Crippen molar-refractivity contribution in [2.75, 3.05) is 43.2 Å². The fraction of sp³-hybridized carbons (Fsp3) is 0.500. The van der Waals surface area contributed by atoms with Crippen LogP contribution in [0.2, 0.25) is 0 Å². The topological polar surface area (TPSA) is 109 Å². The van der Waals surface area contributed by atoms with Gasteiger partial charge in [0, 0.05) is 24.5 Å². The van der Waals surface area contributed by atoms with Gasteiger partial charge in [-0.25, -0.2) is 0 Å². The van der Waals surface area contributed by atoms with Crippen molar-refractivity contribution >= 4 is 29.1 Å². The first-order valence-corrected chi connectivity index (χ1v) is 16.9. The summed E-state index contributed by atoms with van der Waals surface area (Å²) in [5, 5.41) is 10.8. The van der Waals surface area contributed by atoms with Crippen molar-refractivity contribution in [3.05, 3.63) is 73.8 Å². The van der Waals surface area contributed by atoms with Crippen molar-refractivity contribution in [2.24, 2.45) is 17.8 Å². The number of methoxy groups -OCH3 is 1. The third-order valence-corrected chi connectivity index (χ3v) is 10.6. The molecule has 3 fully saturated rings. The van der Waals surface area contributed by atoms with Crippen molar-refractivity contribution in [2.45, 2.75) is 70.2 Å². The van der Waals surface area contributed by atoms with Gasteiger partial charge in [0.1, 0.15) is 23.1 Å². The standard InChI is InChI=1S/C38H49N3O7/c1-8-22-39(26-14-18-29(19-15-26)47-11-4)34(43)31-32-35(44)41(30(24-42)25(5)10-3)33(38(32)21-20-37(31,6)48-38)36(45)40(23-9-2)27-12-16-28(46-7)17-13-27/h8-9,12-19,25,30-33,42H,1-2,10-11,20-24H2,3-7H3/t25-,30-,31+,32-,33?,37-,38?/m0/s1. The molecule has 1 spiro atoms. The number of aliphatic hydroxyl groups is 1. The molecule has 3 saturated heterocycles. The van der Waals surface area contributed by atoms with E-state index >= 15 is 0 Å². The molecule has 3 aliphatic rings. The minimum Gasteiger partial charge on any atom is -0.497 e. The molecule has 10 nitrogen and oxygen atoms in total. The van der Waals surface area contributed by atoms with Crippen LogP contribution in [0.1, 0.15) is 47.0 Å². The van der Waals surface area contributed by atoms with Gasteiger partial charge in [0.2, 0.25) is 11.8 Å². The summed E-state index contributed by atoms with van der Waals surface area (Å²) in [6.07, 6.45) is 4.88. The molecular weight excluding hydrogens is 610 g/mol. The van der Waals surface area contributed by atoms with Gasteiger partial charge in [0.25, 0.3) is 5.91 Å². The van der Waals surface area contributed by atoms with E-state index in [9.17, 15) is 19.5 Å². The Kier molecular flexibility index (Phi) is 10.4. The van der Waals surface area contributed by atoms with E-state index in [1.165, 1.54) is 0 Å². The van der Waals surface area contributed by atoms with Crippen LogP contribution in [0.25, 0.3) is 0 Å². The van der Waals surface area contributed by atoms with Crippen LogP contribution in [0.5, 0.6) is 11.5 Å². The third kappa shape index (κ3) is 5.79. The van der Waals surface area contributed by atoms with Crippen LogP contribution in [0.3, 0.4) is 0 Å². The minimum absolute atomic E-state index is 0.124. The van der Waals surface area contributed by atoms with E-state index in [1.807, 2.05) is 52.0 Å². The molecule has 7 atom stereocenters. The lowest BCUT2D eigenvalue weighted by Crippen LogP contribution is -2.60. The van der Waals surface area contributed by atoms with Gasteiger partial charge in [0.15, 0.2) is 0 Å². The summed E-state index contributed by atoms with van der Waals surface area (Å²) in [6.45, 7) is 16.1. The normalized spacial score (nSPS) is 26.8. The molecule has 3 aliphatic heterocycles. The van der Waals surface area contributed by atoms with E-state index < -0.39 is 35.1 Å². The van der Waals surface area contributed by atoms with E-state index in [-0.39, 0.29) is 43.3 Å². The molecular formula is C38H49N3O7. The lowest BCUT2D eigenvalue weighted by Gasteiger charge is -2.41. The van der Waals surface area contributed by atoms with Crippen molar-refractivity contribution in [3.63, 3.8) is 0 Å². The van der Waals surface area contributed by atoms with Crippen molar-refractivity contribution in [1.82, 2.24) is 4.90 Å². The summed E-state index contributed by atoms with van der Waals surface area (Å²) in [5.74, 6) is -1.54. The van der Waals surface area contributed by atoms with Crippen molar-refractivity contribution in [1.29, 1.82) is 0 Å². The number of hydrogen-bond acceptors (Lipinski definition) is 7. The molecule has 3 amide bonds. The third-order valence-electron chi connectivity index (χ3n) is 10.6. The monoisotopic (exact) mass is 659 g/mol. The number of amides is 3. The molecule has 258 valence electrons. The number of anilines is 2. The fourth-order valence-corrected chi connectivity index (χ4v) is 8.06. The molecule has 2 bridgehead atoms. The molecule has 2 unspecified atom stereocenters. The number of hydrogen-bond donors (Lipinski definition) is 1. The average molecular weight is 660 g/mol. The maximum Gasteiger partial charge on any atom is 0.253 e. The minimum atomic E-state index is -1.27. The Balaban J connectivity index is 1.61. The highest BCUT2D eigenvalue weighted by molar-refractivity contribution is 6.07. The summed E-state index contributed by atoms with van der Waals surface area (Å²) < 4.78 is 17.9. The summed E-state index contributed by atoms with van der Waals surface area (Å²) >= 11 is 0. The van der Waals surface area contributed by atoms with E-state index in [2.05, 4.69) is 13.2 Å². The van der Waals surface area contributed by atoms with Crippen molar-refractivity contribution in [3.8, 4) is 11.5 Å². The number of nitrogens with zero attached hydrogens (tertiary/aromatic N) is 3. The summed E-state index contributed by atoms with van der Waals surface area (Å²) in [5.41, 5.74) is -1.00. The Hall–Kier alpha value is -4.15. The van der Waals surface area contributed by atoms with Gasteiger partial charge in [0.05, 0.1) is 43.8 Å². The second kappa shape index (κ2) is 14.1. The highest BCUT2D eigenvalue weighted by atomic mass is 16.5. The Morgan fingerprint density at radius 3 is 2.06 bits per heavy atom. The zero-order valence-electron chi connectivity index (χ0n) is 28.8. The predicted octanol–water partition coefficient (Wildman–Crippen LogP) is 5.00. The van der Waals surface area contributed by atoms with Crippen LogP contribution in [-0.2, 0) is 19.1 Å². The van der Waals surface area contributed by atoms with Gasteiger partial charge in [-0.15, -0.1) is 13.2 Å². The maximum absolute atomic E-state index is 15.0. The average Bonchev–Trinajstić information content (AvgIpc) is 3.67. The molecule has 48 heavy (non-hydrogen) atoms. The zero-order valence-corrected chi connectivity index (χ0v) is 28.8. The number of benzene rings is 2. The van der Waals surface area contributed by atoms with E-state index in [0.717, 1.165) is 0 Å². The van der Waals surface area contributed by atoms with Crippen LogP contribution in [0.15, 0.2) is 73.8 Å². The molecule has 0 radical (unpaired) electrons. The number of likely N-dealkylation sites (tertiary alicyclic amines) is 1. The Morgan fingerprint density at radius 2 is 1.56 bits per heavy atom. The van der Waals surface area contributed by atoms with Crippen LogP contribution in [0.4, 0.5) is 11.4 Å². The molecule has 1 N–H and O–H groups in total. The first-order chi connectivity index (χ1) is 23.0. The molecule has 2 aromatic carbocycles. The van der Waals surface area contributed by atoms with Gasteiger partial charge >= 0.3 is 0 Å². The Labute approximate surface area is 283 Å². The predicted molar refractivity (Wildman–Crippen MR) is 185 cm³/mol. The first kappa shape index (κ1) is 35.2. The van der Waals surface area contributed by atoms with E-state index in [1.54, 1.807) is 58.2 Å². The van der Waals surface area contributed by atoms with Crippen LogP contribution in [0, 0.1) is 17.8 Å². The van der Waals surface area contributed by atoms with Crippen LogP contribution >= 0.6 is 0 Å². The Bertz CT molecular complexity index is 1510. The van der Waals surface area contributed by atoms with Gasteiger partial charge in [-0.1, -0.05) is 32.4 Å². The molecule has 0 aliphatic carbocycles. The highest BCUT2D eigenvalue weighted by Gasteiger charge is 2.79. The fourth-order valence-electron chi connectivity index (χ4n) is 8.06. The molecule has 3 heterocycles. The summed E-state index contributed by atoms with van der Waals surface area (Å²) in [4.78, 5) is 49.5. The number of carbonyl (C=O) groups is 3. The van der Waals surface area contributed by atoms with Crippen LogP contribution < -0.4 is 19.3 Å². The van der Waals surface area contributed by atoms with E-state index in [0.29, 0.717) is 48.7 Å². The quantitative estimate of drug-likeness (QED) is 0.268. The van der Waals surface area contributed by atoms with Crippen LogP contribution in [-0.4, -0.2) is 84.4 Å². The number of rotatable bonds is 15. The molecule has 5 rings (SSSR count). The second-order valence-corrected chi connectivity index (χ2v) is 13.2. The summed E-state index contributed by atoms with van der Waals surface area (Å²) in [6, 6.07) is 12.7. The maximum atomic E-state index is 15.0.